The molecule has 19 nitrogen and oxygen atoms in total. The molecule has 0 bridgehead atoms. The number of unbranched alkanes of at least 4 members (excludes halogenated alkanes) is 3. The van der Waals surface area contributed by atoms with Crippen LogP contribution in [0.1, 0.15) is 129 Å². The average molecular weight is 1120 g/mol. The van der Waals surface area contributed by atoms with Crippen LogP contribution in [0.2, 0.25) is 0 Å². The maximum Gasteiger partial charge on any atom is 0.481 e. The lowest BCUT2D eigenvalue weighted by atomic mass is 10.1. The number of ether oxygens (including phenoxy) is 3. The van der Waals surface area contributed by atoms with Crippen molar-refractivity contribution in [3.05, 3.63) is 156 Å². The van der Waals surface area contributed by atoms with Gasteiger partial charge in [0.1, 0.15) is 30.7 Å². The number of anilines is 1. The van der Waals surface area contributed by atoms with Crippen molar-refractivity contribution < 1.29 is 71.4 Å². The number of aliphatic hydroxyl groups is 3. The minimum Gasteiger partial charge on any atom is -0.462 e. The first-order chi connectivity index (χ1) is 37.1. The molecule has 1 aliphatic heterocycles. The Labute approximate surface area is 454 Å². The summed E-state index contributed by atoms with van der Waals surface area (Å²) in [4.78, 5) is 61.9. The fraction of sp³-hybridized carbons (Fsp3) is 0.500. The van der Waals surface area contributed by atoms with Crippen LogP contribution < -0.4 is 11.4 Å². The number of nitrogens with two attached hydrogens (primary N) is 1. The number of carbonyl (C=O) groups is 2. The van der Waals surface area contributed by atoms with Gasteiger partial charge < -0.3 is 45.1 Å². The minimum atomic E-state index is -5.48. The molecule has 1 fully saturated rings. The normalized spacial score (nSPS) is 20.1. The molecule has 0 radical (unpaired) electrons. The standard InChI is InChI=1S/C56H83N3O16P2/c1-3-5-7-9-11-12-13-14-15-16-17-18-19-20-21-25-28-32-36-40-51(61)70-44-48(73-52(62)41-37-33-29-26-23-22-24-27-31-35-39-47(60)38-34-30-10-8-6-4-2)45-71-76(66,67)75-77(68,69)72-46-49-53(63)54(64)55(74-49)59-43-42-50(57)58-56(59)65/h6,8,11-12,14-15,17-18,20-23,27-35,39,42-43,47-49,53-55,60,63-64H,3-5,7,9-10,13,16,19,24-26,36-38,40-41,44-46H2,1-2H3,(H,66,67)(H,68,69)(H2,57,58,65)/b8-6-,12-11-,15-14-,18-17-,21-20-,23-22-,31-27-,32-28-,33-29-,34-30-,39-35+/t47?,48-,49-,53-,54-,55-/m1/s1. The largest absolute Gasteiger partial charge is 0.481 e. The van der Waals surface area contributed by atoms with Crippen molar-refractivity contribution in [2.24, 2.45) is 0 Å². The Morgan fingerprint density at radius 2 is 1.23 bits per heavy atom. The number of carbonyl (C=O) groups excluding carboxylic acids is 2. The van der Waals surface area contributed by atoms with Crippen LogP contribution in [0.4, 0.5) is 5.82 Å². The molecule has 8 atom stereocenters. The Bertz CT molecular complexity index is 2340. The Balaban J connectivity index is 1.88. The van der Waals surface area contributed by atoms with Crippen LogP contribution in [0.3, 0.4) is 0 Å². The van der Waals surface area contributed by atoms with Gasteiger partial charge in [-0.3, -0.25) is 23.2 Å². The van der Waals surface area contributed by atoms with E-state index in [9.17, 15) is 48.6 Å². The fourth-order valence-corrected chi connectivity index (χ4v) is 8.87. The number of esters is 2. The highest BCUT2D eigenvalue weighted by Crippen LogP contribution is 2.60. The highest BCUT2D eigenvalue weighted by atomic mass is 31.3. The molecule has 0 saturated carbocycles. The van der Waals surface area contributed by atoms with Gasteiger partial charge in [-0.1, -0.05) is 160 Å². The summed E-state index contributed by atoms with van der Waals surface area (Å²) in [6, 6.07) is 1.23. The maximum atomic E-state index is 12.9. The van der Waals surface area contributed by atoms with E-state index < -0.39 is 89.8 Å². The van der Waals surface area contributed by atoms with E-state index in [2.05, 4.69) is 71.8 Å². The molecule has 1 aromatic rings. The van der Waals surface area contributed by atoms with E-state index in [-0.39, 0.29) is 25.1 Å². The average Bonchev–Trinajstić information content (AvgIpc) is 3.67. The lowest BCUT2D eigenvalue weighted by Gasteiger charge is -2.21. The smallest absolute Gasteiger partial charge is 0.462 e. The lowest BCUT2D eigenvalue weighted by Crippen LogP contribution is -2.36. The third-order valence-corrected chi connectivity index (χ3v) is 13.4. The van der Waals surface area contributed by atoms with E-state index in [0.29, 0.717) is 32.1 Å². The second-order valence-electron chi connectivity index (χ2n) is 17.5. The maximum absolute atomic E-state index is 12.9. The molecular weight excluding hydrogens is 1030 g/mol. The van der Waals surface area contributed by atoms with Gasteiger partial charge >= 0.3 is 33.3 Å². The van der Waals surface area contributed by atoms with Gasteiger partial charge in [0, 0.05) is 19.0 Å². The first kappa shape index (κ1) is 68.0. The quantitative estimate of drug-likeness (QED) is 0.0117. The van der Waals surface area contributed by atoms with Crippen molar-refractivity contribution in [2.75, 3.05) is 25.6 Å². The van der Waals surface area contributed by atoms with E-state index >= 15 is 0 Å². The van der Waals surface area contributed by atoms with E-state index in [1.807, 2.05) is 66.8 Å². The van der Waals surface area contributed by atoms with Gasteiger partial charge in [-0.15, -0.1) is 0 Å². The van der Waals surface area contributed by atoms with Crippen LogP contribution in [0.15, 0.2) is 151 Å². The van der Waals surface area contributed by atoms with Gasteiger partial charge in [-0.25, -0.2) is 13.9 Å². The van der Waals surface area contributed by atoms with Crippen LogP contribution in [0.25, 0.3) is 0 Å². The molecule has 0 spiro atoms. The highest BCUT2D eigenvalue weighted by molar-refractivity contribution is 7.61. The molecule has 77 heavy (non-hydrogen) atoms. The number of hydrogen-bond acceptors (Lipinski definition) is 16. The molecule has 428 valence electrons. The van der Waals surface area contributed by atoms with Gasteiger partial charge in [0.15, 0.2) is 12.3 Å². The van der Waals surface area contributed by atoms with Crippen molar-refractivity contribution in [1.29, 1.82) is 0 Å². The van der Waals surface area contributed by atoms with Gasteiger partial charge in [0.2, 0.25) is 0 Å². The topological polar surface area (TPSA) is 286 Å². The number of allylic oxidation sites excluding steroid dienone is 20. The number of phosphoric ester groups is 2. The van der Waals surface area contributed by atoms with Crippen LogP contribution in [0, 0.1) is 0 Å². The Hall–Kier alpha value is -5.14. The summed E-state index contributed by atoms with van der Waals surface area (Å²) in [6.45, 7) is 1.78. The van der Waals surface area contributed by atoms with Crippen molar-refractivity contribution in [1.82, 2.24) is 9.55 Å². The minimum absolute atomic E-state index is 0.0312. The zero-order chi connectivity index (χ0) is 56.4. The first-order valence-electron chi connectivity index (χ1n) is 26.3. The summed E-state index contributed by atoms with van der Waals surface area (Å²) in [7, 11) is -11.0. The van der Waals surface area contributed by atoms with Crippen molar-refractivity contribution >= 4 is 33.4 Å². The summed E-state index contributed by atoms with van der Waals surface area (Å²) in [5.74, 6) is -1.55. The number of rotatable bonds is 41. The third kappa shape index (κ3) is 34.4. The molecule has 1 aromatic heterocycles. The molecule has 0 aromatic carbocycles. The second kappa shape index (κ2) is 41.9. The predicted octanol–water partition coefficient (Wildman–Crippen LogP) is 10.3. The van der Waals surface area contributed by atoms with Crippen LogP contribution in [-0.2, 0) is 46.3 Å². The number of aliphatic hydroxyl groups excluding tert-OH is 3. The summed E-state index contributed by atoms with van der Waals surface area (Å²) in [6.07, 6.45) is 48.7. The van der Waals surface area contributed by atoms with Crippen LogP contribution >= 0.6 is 15.6 Å². The second-order valence-corrected chi connectivity index (χ2v) is 20.5. The van der Waals surface area contributed by atoms with Gasteiger partial charge in [-0.05, 0) is 89.5 Å². The van der Waals surface area contributed by atoms with Gasteiger partial charge in [0.05, 0.1) is 19.3 Å². The van der Waals surface area contributed by atoms with Crippen molar-refractivity contribution in [2.45, 2.75) is 160 Å². The number of aromatic nitrogens is 2. The Morgan fingerprint density at radius 1 is 0.701 bits per heavy atom. The van der Waals surface area contributed by atoms with Crippen LogP contribution in [-0.4, -0.2) is 96.9 Å². The van der Waals surface area contributed by atoms with Gasteiger partial charge in [0.25, 0.3) is 0 Å². The van der Waals surface area contributed by atoms with E-state index in [4.69, 9.17) is 29.0 Å². The molecule has 7 N–H and O–H groups in total. The monoisotopic (exact) mass is 1120 g/mol. The highest BCUT2D eigenvalue weighted by Gasteiger charge is 2.46. The molecule has 2 rings (SSSR count). The molecule has 2 heterocycles. The zero-order valence-electron chi connectivity index (χ0n) is 44.6. The Morgan fingerprint density at radius 3 is 1.82 bits per heavy atom. The molecular formula is C56H83N3O16P2. The Kier molecular flexibility index (Phi) is 37.0. The lowest BCUT2D eigenvalue weighted by molar-refractivity contribution is -0.161. The van der Waals surface area contributed by atoms with E-state index in [1.165, 1.54) is 25.3 Å². The molecule has 0 aliphatic carbocycles. The SMILES string of the molecule is CC/C=C\C/C=C\CC(O)/C=C/C=C\C/C=C\C/C=C\CCC(=O)O[C@H](COC(=O)CC/C=C\C/C=C\C/C=C\C/C=C\C/C=C\CCCCC)COP(=O)(O)OP(=O)(O)OC[C@H]1O[C@@H](n2ccc(N)nc2=O)[C@H](O)[C@@H]1O. The van der Waals surface area contributed by atoms with Crippen molar-refractivity contribution in [3.8, 4) is 0 Å². The zero-order valence-corrected chi connectivity index (χ0v) is 46.3. The van der Waals surface area contributed by atoms with Crippen molar-refractivity contribution in [3.63, 3.8) is 0 Å². The third-order valence-electron chi connectivity index (χ3n) is 10.8. The number of phosphoric acid groups is 2. The molecule has 3 unspecified atom stereocenters. The number of hydrogen-bond donors (Lipinski definition) is 6. The van der Waals surface area contributed by atoms with Gasteiger partial charge in [-0.2, -0.15) is 9.29 Å². The fourth-order valence-electron chi connectivity index (χ4n) is 6.76. The van der Waals surface area contributed by atoms with Crippen LogP contribution in [0.5, 0.6) is 0 Å². The molecule has 1 saturated heterocycles. The summed E-state index contributed by atoms with van der Waals surface area (Å²) in [5, 5.41) is 31.0. The summed E-state index contributed by atoms with van der Waals surface area (Å²) in [5.41, 5.74) is 4.57. The predicted molar refractivity (Wildman–Crippen MR) is 299 cm³/mol. The van der Waals surface area contributed by atoms with E-state index in [1.54, 1.807) is 18.2 Å². The first-order valence-corrected chi connectivity index (χ1v) is 29.3. The molecule has 0 amide bonds. The van der Waals surface area contributed by atoms with E-state index in [0.717, 1.165) is 49.3 Å². The molecule has 1 aliphatic rings. The summed E-state index contributed by atoms with van der Waals surface area (Å²) < 4.78 is 56.6. The number of nitrogens with zero attached hydrogens (tertiary/aromatic N) is 2. The molecule has 21 heteroatoms. The number of nitrogen functional groups attached to an aromatic ring is 1. The summed E-state index contributed by atoms with van der Waals surface area (Å²) >= 11 is 0.